The van der Waals surface area contributed by atoms with Crippen LogP contribution >= 0.6 is 0 Å². The maximum Gasteiger partial charge on any atom is 0.0442 e. The van der Waals surface area contributed by atoms with Crippen molar-refractivity contribution in [3.05, 3.63) is 156 Å². The minimum atomic E-state index is 0.102. The normalized spacial score (nSPS) is 23.0. The molecule has 258 valence electrons. The second-order valence-electron chi connectivity index (χ2n) is 16.0. The molecule has 1 saturated carbocycles. The molecule has 1 heteroatoms. The number of fused-ring (bicyclic) bond motifs is 5. The molecule has 2 bridgehead atoms. The molecule has 5 aromatic rings. The van der Waals surface area contributed by atoms with Gasteiger partial charge in [-0.05, 0) is 141 Å². The Hall–Kier alpha value is -4.97. The molecule has 0 N–H and O–H groups in total. The van der Waals surface area contributed by atoms with E-state index in [0.717, 1.165) is 19.3 Å². The largest absolute Gasteiger partial charge is 0.262 e. The zero-order chi connectivity index (χ0) is 35.2. The van der Waals surface area contributed by atoms with Crippen molar-refractivity contribution in [1.82, 2.24) is 0 Å². The molecule has 4 aliphatic rings. The monoisotopic (exact) mass is 675 g/mol. The van der Waals surface area contributed by atoms with Crippen LogP contribution in [0.4, 0.5) is 0 Å². The van der Waals surface area contributed by atoms with E-state index >= 15 is 0 Å². The van der Waals surface area contributed by atoms with Crippen LogP contribution in [-0.2, 0) is 6.42 Å². The summed E-state index contributed by atoms with van der Waals surface area (Å²) in [6.07, 6.45) is 24.4. The number of hydrogen-bond donors (Lipinski definition) is 0. The van der Waals surface area contributed by atoms with Gasteiger partial charge in [0.15, 0.2) is 0 Å². The van der Waals surface area contributed by atoms with Crippen molar-refractivity contribution in [1.29, 1.82) is 0 Å². The first-order chi connectivity index (χ1) is 25.5. The smallest absolute Gasteiger partial charge is 0.0442 e. The zero-order valence-electron chi connectivity index (χ0n) is 30.8. The molecule has 52 heavy (non-hydrogen) atoms. The van der Waals surface area contributed by atoms with Crippen LogP contribution in [0.1, 0.15) is 86.5 Å². The third-order valence-electron chi connectivity index (χ3n) is 13.1. The van der Waals surface area contributed by atoms with Gasteiger partial charge in [-0.15, -0.1) is 5.73 Å². The Balaban J connectivity index is 1.26. The number of allylic oxidation sites excluding steroid dienone is 6. The van der Waals surface area contributed by atoms with Gasteiger partial charge in [0.1, 0.15) is 0 Å². The first kappa shape index (κ1) is 32.9. The molecule has 5 aromatic carbocycles. The Morgan fingerprint density at radius 2 is 1.46 bits per heavy atom. The van der Waals surface area contributed by atoms with Crippen molar-refractivity contribution >= 4 is 33.3 Å². The predicted molar refractivity (Wildman–Crippen MR) is 223 cm³/mol. The van der Waals surface area contributed by atoms with Gasteiger partial charge in [0, 0.05) is 17.3 Å². The molecule has 1 aliphatic heterocycles. The van der Waals surface area contributed by atoms with E-state index in [1.807, 2.05) is 12.2 Å². The fraction of sp³-hybridized carbons (Fsp3) is 0.294. The zero-order valence-corrected chi connectivity index (χ0v) is 30.8. The third-order valence-corrected chi connectivity index (χ3v) is 13.1. The highest BCUT2D eigenvalue weighted by Gasteiger charge is 2.42. The van der Waals surface area contributed by atoms with Gasteiger partial charge in [-0.1, -0.05) is 142 Å². The molecular formula is C51H49N. The molecule has 3 unspecified atom stereocenters. The van der Waals surface area contributed by atoms with Crippen molar-refractivity contribution in [2.75, 3.05) is 0 Å². The summed E-state index contributed by atoms with van der Waals surface area (Å²) in [5, 5.41) is 5.29. The van der Waals surface area contributed by atoms with Crippen LogP contribution in [0, 0.1) is 24.2 Å². The first-order valence-electron chi connectivity index (χ1n) is 19.7. The minimum absolute atomic E-state index is 0.102. The van der Waals surface area contributed by atoms with Gasteiger partial charge in [0.25, 0.3) is 0 Å². The van der Waals surface area contributed by atoms with Gasteiger partial charge < -0.3 is 0 Å². The average Bonchev–Trinajstić information content (AvgIpc) is 3.38. The van der Waals surface area contributed by atoms with Crippen LogP contribution in [0.2, 0.25) is 0 Å². The van der Waals surface area contributed by atoms with Crippen LogP contribution in [0.3, 0.4) is 0 Å². The van der Waals surface area contributed by atoms with Gasteiger partial charge in [-0.25, -0.2) is 0 Å². The Morgan fingerprint density at radius 3 is 2.17 bits per heavy atom. The number of aliphatic imine (C=N–C) groups is 1. The first-order valence-corrected chi connectivity index (χ1v) is 19.7. The van der Waals surface area contributed by atoms with E-state index in [0.29, 0.717) is 17.8 Å². The summed E-state index contributed by atoms with van der Waals surface area (Å²) in [4.78, 5) is 5.61. The second kappa shape index (κ2) is 13.5. The lowest BCUT2D eigenvalue weighted by Gasteiger charge is -2.41. The maximum atomic E-state index is 5.61. The van der Waals surface area contributed by atoms with E-state index < -0.39 is 0 Å². The molecular weight excluding hydrogens is 627 g/mol. The molecule has 1 fully saturated rings. The van der Waals surface area contributed by atoms with Gasteiger partial charge in [0.2, 0.25) is 0 Å². The van der Waals surface area contributed by atoms with Crippen LogP contribution in [0.5, 0.6) is 0 Å². The number of hydrogen-bond acceptors (Lipinski definition) is 1. The molecule has 1 nitrogen and oxygen atoms in total. The maximum absolute atomic E-state index is 5.61. The van der Waals surface area contributed by atoms with E-state index in [1.165, 1.54) is 105 Å². The molecule has 3 atom stereocenters. The van der Waals surface area contributed by atoms with Gasteiger partial charge in [-0.3, -0.25) is 4.99 Å². The molecule has 1 heterocycles. The lowest BCUT2D eigenvalue weighted by molar-refractivity contribution is 0.236. The number of benzene rings is 5. The molecule has 9 rings (SSSR count). The van der Waals surface area contributed by atoms with Crippen LogP contribution in [0.15, 0.2) is 138 Å². The Kier molecular flexibility index (Phi) is 8.57. The highest BCUT2D eigenvalue weighted by atomic mass is 14.8. The molecule has 0 radical (unpaired) electrons. The van der Waals surface area contributed by atoms with Crippen molar-refractivity contribution in [3.8, 4) is 22.3 Å². The predicted octanol–water partition coefficient (Wildman–Crippen LogP) is 13.9. The summed E-state index contributed by atoms with van der Waals surface area (Å²) in [5.74, 6) is 1.59. The van der Waals surface area contributed by atoms with E-state index in [1.54, 1.807) is 11.1 Å². The van der Waals surface area contributed by atoms with Crippen LogP contribution < -0.4 is 0 Å². The Bertz CT molecular complexity index is 2330. The van der Waals surface area contributed by atoms with Crippen molar-refractivity contribution < 1.29 is 0 Å². The Morgan fingerprint density at radius 1 is 0.788 bits per heavy atom. The van der Waals surface area contributed by atoms with E-state index in [4.69, 9.17) is 4.99 Å². The molecule has 0 saturated heterocycles. The van der Waals surface area contributed by atoms with Crippen LogP contribution in [-0.4, -0.2) is 5.71 Å². The lowest BCUT2D eigenvalue weighted by Crippen LogP contribution is -2.32. The fourth-order valence-electron chi connectivity index (χ4n) is 10.4. The summed E-state index contributed by atoms with van der Waals surface area (Å²) in [6, 6.07) is 32.3. The molecule has 0 spiro atoms. The average molecular weight is 676 g/mol. The highest BCUT2D eigenvalue weighted by Crippen LogP contribution is 2.54. The van der Waals surface area contributed by atoms with E-state index in [-0.39, 0.29) is 5.41 Å². The topological polar surface area (TPSA) is 12.4 Å². The molecule has 0 aromatic heterocycles. The van der Waals surface area contributed by atoms with Gasteiger partial charge >= 0.3 is 0 Å². The van der Waals surface area contributed by atoms with E-state index in [2.05, 4.69) is 135 Å². The summed E-state index contributed by atoms with van der Waals surface area (Å²) < 4.78 is 0. The van der Waals surface area contributed by atoms with Gasteiger partial charge in [-0.2, -0.15) is 0 Å². The van der Waals surface area contributed by atoms with Crippen LogP contribution in [0.25, 0.3) is 49.9 Å². The molecule has 3 aliphatic carbocycles. The summed E-state index contributed by atoms with van der Waals surface area (Å²) in [6.45, 7) is 8.51. The van der Waals surface area contributed by atoms with Crippen molar-refractivity contribution in [2.45, 2.75) is 77.6 Å². The standard InChI is InChI=1S/C51H49N/c1-4-5-7-17-35-20-14-25-38(34(35)2)49-42-21-10-12-23-44(42)50(45-24-13-11-22-43(45)49)41-27-15-26-39-37-32-46-47(28-16-30-51(46,3)31-29-40(39)41)52-48(33-37)36-18-8-6-9-19-36/h5,7,10-17,20-28,30,36-37,46H,1,6,8-9,18-19,29,31-33H2,2-3H3/b17-7-. The lowest BCUT2D eigenvalue weighted by atomic mass is 9.63. The second-order valence-corrected chi connectivity index (χ2v) is 16.0. The third kappa shape index (κ3) is 5.58. The van der Waals surface area contributed by atoms with E-state index in [9.17, 15) is 0 Å². The highest BCUT2D eigenvalue weighted by molar-refractivity contribution is 6.22. The van der Waals surface area contributed by atoms with Gasteiger partial charge in [0.05, 0.1) is 0 Å². The molecule has 0 amide bonds. The SMILES string of the molecule is C=C=C/C=C\c1cccc(-c2c3ccccc3c(-c3cccc4c3CCC3(C)C=CC=C5N=C(C6CCCCC6)CC4CC53)c3ccccc23)c1C. The Labute approximate surface area is 309 Å². The van der Waals surface area contributed by atoms with Crippen molar-refractivity contribution in [2.24, 2.45) is 22.2 Å². The number of nitrogens with zero attached hydrogens (tertiary/aromatic N) is 1. The summed E-state index contributed by atoms with van der Waals surface area (Å²) >= 11 is 0. The number of rotatable bonds is 5. The minimum Gasteiger partial charge on any atom is -0.262 e. The fourth-order valence-corrected chi connectivity index (χ4v) is 10.4. The summed E-state index contributed by atoms with van der Waals surface area (Å²) in [7, 11) is 0. The quantitative estimate of drug-likeness (QED) is 0.0999. The van der Waals surface area contributed by atoms with Crippen molar-refractivity contribution in [3.63, 3.8) is 0 Å². The summed E-state index contributed by atoms with van der Waals surface area (Å²) in [5.41, 5.74) is 16.8.